The van der Waals surface area contributed by atoms with E-state index in [0.717, 1.165) is 23.6 Å². The number of benzene rings is 2. The monoisotopic (exact) mass is 384 g/mol. The van der Waals surface area contributed by atoms with Gasteiger partial charge in [-0.25, -0.2) is 0 Å². The number of nitrogens with one attached hydrogen (secondary N) is 1. The number of amides is 1. The van der Waals surface area contributed by atoms with Gasteiger partial charge in [-0.15, -0.1) is 0 Å². The zero-order chi connectivity index (χ0) is 20.1. The molecule has 0 aromatic heterocycles. The van der Waals surface area contributed by atoms with Crippen LogP contribution in [0.1, 0.15) is 19.4 Å². The average Bonchev–Trinajstić information content (AvgIpc) is 2.71. The fourth-order valence-electron chi connectivity index (χ4n) is 3.30. The number of rotatable bonds is 7. The van der Waals surface area contributed by atoms with Crippen LogP contribution in [0, 0.1) is 6.92 Å². The molecule has 3 rings (SSSR count). The van der Waals surface area contributed by atoms with Crippen LogP contribution < -0.4 is 19.5 Å². The minimum atomic E-state index is -0.323. The fraction of sp³-hybridized carbons (Fsp3) is 0.409. The summed E-state index contributed by atoms with van der Waals surface area (Å²) in [5.74, 6) is 2.08. The lowest BCUT2D eigenvalue weighted by atomic mass is 10.1. The van der Waals surface area contributed by atoms with Gasteiger partial charge in [-0.2, -0.15) is 0 Å². The van der Waals surface area contributed by atoms with Crippen LogP contribution in [0.4, 0.5) is 5.69 Å². The van der Waals surface area contributed by atoms with Gasteiger partial charge in [-0.05, 0) is 50.2 Å². The number of fused-ring (bicyclic) bond motifs is 1. The Labute approximate surface area is 166 Å². The van der Waals surface area contributed by atoms with E-state index >= 15 is 0 Å². The van der Waals surface area contributed by atoms with E-state index in [1.54, 1.807) is 7.11 Å². The number of likely N-dealkylation sites (N-methyl/N-ethyl adjacent to an activating group) is 1. The Hall–Kier alpha value is -2.73. The number of ether oxygens (including phenoxy) is 3. The van der Waals surface area contributed by atoms with Crippen molar-refractivity contribution in [2.75, 3.05) is 32.1 Å². The maximum Gasteiger partial charge on any atom is 0.241 e. The van der Waals surface area contributed by atoms with E-state index in [1.165, 1.54) is 0 Å². The third kappa shape index (κ3) is 4.57. The first kappa shape index (κ1) is 20.0. The third-order valence-corrected chi connectivity index (χ3v) is 4.95. The van der Waals surface area contributed by atoms with E-state index < -0.39 is 0 Å². The largest absolute Gasteiger partial charge is 0.495 e. The average molecular weight is 384 g/mol. The van der Waals surface area contributed by atoms with Crippen molar-refractivity contribution in [3.8, 4) is 17.2 Å². The van der Waals surface area contributed by atoms with Gasteiger partial charge in [0.1, 0.15) is 18.5 Å². The maximum absolute atomic E-state index is 12.9. The fourth-order valence-corrected chi connectivity index (χ4v) is 3.30. The van der Waals surface area contributed by atoms with Gasteiger partial charge in [0.25, 0.3) is 0 Å². The van der Waals surface area contributed by atoms with Gasteiger partial charge < -0.3 is 19.5 Å². The van der Waals surface area contributed by atoms with Crippen LogP contribution in [0.5, 0.6) is 17.2 Å². The van der Waals surface area contributed by atoms with Crippen molar-refractivity contribution in [3.63, 3.8) is 0 Å². The summed E-state index contributed by atoms with van der Waals surface area (Å²) in [4.78, 5) is 14.9. The number of nitrogens with zero attached hydrogens (tertiary/aromatic N) is 1. The number of carbonyl (C=O) groups excluding carboxylic acids is 1. The van der Waals surface area contributed by atoms with Gasteiger partial charge in [0.2, 0.25) is 5.91 Å². The Bertz CT molecular complexity index is 824. The molecule has 0 bridgehead atoms. The van der Waals surface area contributed by atoms with Crippen LogP contribution in [-0.4, -0.2) is 49.8 Å². The summed E-state index contributed by atoms with van der Waals surface area (Å²) in [6.45, 7) is 7.71. The van der Waals surface area contributed by atoms with Crippen LogP contribution in [0.3, 0.4) is 0 Å². The molecule has 2 atom stereocenters. The normalized spacial score (nSPS) is 16.5. The zero-order valence-electron chi connectivity index (χ0n) is 16.9. The van der Waals surface area contributed by atoms with Crippen molar-refractivity contribution in [2.24, 2.45) is 0 Å². The second-order valence-electron chi connectivity index (χ2n) is 6.95. The zero-order valence-corrected chi connectivity index (χ0v) is 16.9. The predicted octanol–water partition coefficient (Wildman–Crippen LogP) is 3.49. The molecule has 150 valence electrons. The summed E-state index contributed by atoms with van der Waals surface area (Å²) in [6, 6.07) is 13.0. The summed E-state index contributed by atoms with van der Waals surface area (Å²) in [7, 11) is 1.60. The molecule has 2 aromatic carbocycles. The lowest BCUT2D eigenvalue weighted by Gasteiger charge is -2.33. The van der Waals surface area contributed by atoms with Crippen LogP contribution >= 0.6 is 0 Å². The molecule has 0 spiro atoms. The first-order chi connectivity index (χ1) is 13.5. The second-order valence-corrected chi connectivity index (χ2v) is 6.95. The molecular formula is C22H28N2O4. The van der Waals surface area contributed by atoms with Gasteiger partial charge >= 0.3 is 0 Å². The van der Waals surface area contributed by atoms with Gasteiger partial charge in [-0.3, -0.25) is 9.69 Å². The summed E-state index contributed by atoms with van der Waals surface area (Å²) >= 11 is 0. The Kier molecular flexibility index (Phi) is 6.41. The van der Waals surface area contributed by atoms with Gasteiger partial charge in [0, 0.05) is 6.54 Å². The molecule has 28 heavy (non-hydrogen) atoms. The Morgan fingerprint density at radius 1 is 1.29 bits per heavy atom. The molecule has 1 heterocycles. The van der Waals surface area contributed by atoms with E-state index in [9.17, 15) is 4.79 Å². The summed E-state index contributed by atoms with van der Waals surface area (Å²) in [5, 5.41) is 2.99. The van der Waals surface area contributed by atoms with E-state index in [1.807, 2.05) is 63.2 Å². The van der Waals surface area contributed by atoms with Crippen molar-refractivity contribution >= 4 is 11.6 Å². The van der Waals surface area contributed by atoms with Crippen molar-refractivity contribution in [3.05, 3.63) is 48.0 Å². The molecule has 0 aliphatic carbocycles. The summed E-state index contributed by atoms with van der Waals surface area (Å²) in [5.41, 5.74) is 1.74. The lowest BCUT2D eigenvalue weighted by Crippen LogP contribution is -2.48. The Balaban J connectivity index is 1.64. The number of para-hydroxylation sites is 2. The summed E-state index contributed by atoms with van der Waals surface area (Å²) in [6.07, 6.45) is -0.126. The van der Waals surface area contributed by atoms with Crippen LogP contribution in [0.2, 0.25) is 0 Å². The van der Waals surface area contributed by atoms with Crippen molar-refractivity contribution in [2.45, 2.75) is 32.9 Å². The van der Waals surface area contributed by atoms with E-state index in [4.69, 9.17) is 14.2 Å². The first-order valence-electron chi connectivity index (χ1n) is 9.59. The molecule has 0 radical (unpaired) electrons. The first-order valence-corrected chi connectivity index (χ1v) is 9.59. The van der Waals surface area contributed by atoms with Crippen molar-refractivity contribution in [1.82, 2.24) is 4.90 Å². The highest BCUT2D eigenvalue weighted by atomic mass is 16.6. The molecule has 1 aliphatic heterocycles. The number of hydrogen-bond donors (Lipinski definition) is 1. The topological polar surface area (TPSA) is 60.0 Å². The number of hydrogen-bond acceptors (Lipinski definition) is 5. The standard InChI is InChI=1S/C22H28N2O4/c1-5-24(13-17-14-27-20-8-6-7-9-21(20)28-17)16(3)22(25)23-18-12-15(2)10-11-19(18)26-4/h6-12,16-17H,5,13-14H2,1-4H3,(H,23,25). The van der Waals surface area contributed by atoms with Crippen LogP contribution in [0.25, 0.3) is 0 Å². The summed E-state index contributed by atoms with van der Waals surface area (Å²) < 4.78 is 17.2. The molecule has 1 N–H and O–H groups in total. The molecule has 6 nitrogen and oxygen atoms in total. The molecule has 1 aliphatic rings. The number of aryl methyl sites for hydroxylation is 1. The van der Waals surface area contributed by atoms with E-state index in [-0.39, 0.29) is 18.1 Å². The molecule has 0 fully saturated rings. The molecule has 6 heteroatoms. The van der Waals surface area contributed by atoms with Gasteiger partial charge in [0.15, 0.2) is 11.5 Å². The van der Waals surface area contributed by atoms with E-state index in [2.05, 4.69) is 10.2 Å². The van der Waals surface area contributed by atoms with Gasteiger partial charge in [0.05, 0.1) is 18.8 Å². The van der Waals surface area contributed by atoms with E-state index in [0.29, 0.717) is 24.6 Å². The van der Waals surface area contributed by atoms with Gasteiger partial charge in [-0.1, -0.05) is 25.1 Å². The van der Waals surface area contributed by atoms with Crippen molar-refractivity contribution < 1.29 is 19.0 Å². The Morgan fingerprint density at radius 2 is 2.04 bits per heavy atom. The molecular weight excluding hydrogens is 356 g/mol. The van der Waals surface area contributed by atoms with Crippen LogP contribution in [-0.2, 0) is 4.79 Å². The maximum atomic E-state index is 12.9. The van der Waals surface area contributed by atoms with Crippen molar-refractivity contribution in [1.29, 1.82) is 0 Å². The SMILES string of the molecule is CCN(CC1COc2ccccc2O1)C(C)C(=O)Nc1cc(C)ccc1OC. The molecule has 0 saturated heterocycles. The second kappa shape index (κ2) is 8.97. The van der Waals surface area contributed by atoms with Crippen LogP contribution in [0.15, 0.2) is 42.5 Å². The molecule has 0 saturated carbocycles. The number of anilines is 1. The smallest absolute Gasteiger partial charge is 0.241 e. The molecule has 2 aromatic rings. The highest BCUT2D eigenvalue weighted by Crippen LogP contribution is 2.31. The number of carbonyl (C=O) groups is 1. The lowest BCUT2D eigenvalue weighted by molar-refractivity contribution is -0.121. The molecule has 1 amide bonds. The Morgan fingerprint density at radius 3 is 2.75 bits per heavy atom. The highest BCUT2D eigenvalue weighted by Gasteiger charge is 2.27. The minimum Gasteiger partial charge on any atom is -0.495 e. The quantitative estimate of drug-likeness (QED) is 0.792. The predicted molar refractivity (Wildman–Crippen MR) is 109 cm³/mol. The molecule has 2 unspecified atom stereocenters. The highest BCUT2D eigenvalue weighted by molar-refractivity contribution is 5.95. The third-order valence-electron chi connectivity index (χ3n) is 4.95. The minimum absolute atomic E-state index is 0.0807. The number of methoxy groups -OCH3 is 1.